The molecule has 1 aromatic carbocycles. The molecule has 1 aliphatic heterocycles. The van der Waals surface area contributed by atoms with Crippen LogP contribution in [0.4, 0.5) is 18.9 Å². The molecule has 1 saturated carbocycles. The maximum absolute atomic E-state index is 12.9. The Hall–Kier alpha value is -1.23. The number of aryl methyl sites for hydroxylation is 1. The third-order valence-electron chi connectivity index (χ3n) is 4.35. The fourth-order valence-electron chi connectivity index (χ4n) is 3.04. The standard InChI is InChI=1S/C16H21F3N2/c1-11-4-5-12(16(17,18)19)9-15(11)21-8-2-3-14(10-21)20-13-6-7-13/h4-5,9,13-14,20H,2-3,6-8,10H2,1H3. The molecule has 1 unspecified atom stereocenters. The molecule has 21 heavy (non-hydrogen) atoms. The van der Waals surface area contributed by atoms with E-state index in [2.05, 4.69) is 10.2 Å². The third kappa shape index (κ3) is 3.51. The van der Waals surface area contributed by atoms with Gasteiger partial charge in [0, 0.05) is 30.9 Å². The summed E-state index contributed by atoms with van der Waals surface area (Å²) in [5.74, 6) is 0. The Kier molecular flexibility index (Phi) is 3.86. The van der Waals surface area contributed by atoms with Gasteiger partial charge in [-0.15, -0.1) is 0 Å². The van der Waals surface area contributed by atoms with E-state index in [9.17, 15) is 13.2 Å². The quantitative estimate of drug-likeness (QED) is 0.914. The molecular formula is C16H21F3N2. The number of nitrogens with one attached hydrogen (secondary N) is 1. The van der Waals surface area contributed by atoms with E-state index in [1.165, 1.54) is 25.0 Å². The zero-order valence-electron chi connectivity index (χ0n) is 12.2. The Morgan fingerprint density at radius 2 is 1.90 bits per heavy atom. The number of benzene rings is 1. The summed E-state index contributed by atoms with van der Waals surface area (Å²) in [6, 6.07) is 5.09. The molecule has 1 atom stereocenters. The van der Waals surface area contributed by atoms with Crippen LogP contribution in [0.2, 0.25) is 0 Å². The SMILES string of the molecule is Cc1ccc(C(F)(F)F)cc1N1CCCC(NC2CC2)C1. The predicted octanol–water partition coefficient (Wildman–Crippen LogP) is 3.73. The highest BCUT2D eigenvalue weighted by molar-refractivity contribution is 5.56. The van der Waals surface area contributed by atoms with Crippen LogP contribution in [0, 0.1) is 6.92 Å². The average Bonchev–Trinajstić information content (AvgIpc) is 3.22. The van der Waals surface area contributed by atoms with Crippen LogP contribution in [0.1, 0.15) is 36.8 Å². The first-order valence-corrected chi connectivity index (χ1v) is 7.62. The maximum Gasteiger partial charge on any atom is 0.416 e. The summed E-state index contributed by atoms with van der Waals surface area (Å²) in [5, 5.41) is 3.59. The van der Waals surface area contributed by atoms with Crippen LogP contribution in [0.3, 0.4) is 0 Å². The normalized spacial score (nSPS) is 23.4. The van der Waals surface area contributed by atoms with Crippen LogP contribution >= 0.6 is 0 Å². The zero-order valence-corrected chi connectivity index (χ0v) is 12.2. The van der Waals surface area contributed by atoms with E-state index in [-0.39, 0.29) is 0 Å². The van der Waals surface area contributed by atoms with E-state index >= 15 is 0 Å². The molecule has 1 saturated heterocycles. The molecule has 1 aliphatic carbocycles. The topological polar surface area (TPSA) is 15.3 Å². The number of hydrogen-bond acceptors (Lipinski definition) is 2. The van der Waals surface area contributed by atoms with Crippen molar-refractivity contribution in [2.24, 2.45) is 0 Å². The van der Waals surface area contributed by atoms with E-state index in [0.717, 1.165) is 37.2 Å². The van der Waals surface area contributed by atoms with E-state index in [0.29, 0.717) is 12.1 Å². The zero-order chi connectivity index (χ0) is 15.0. The van der Waals surface area contributed by atoms with Crippen LogP contribution < -0.4 is 10.2 Å². The molecule has 1 aromatic rings. The van der Waals surface area contributed by atoms with Crippen LogP contribution in [0.15, 0.2) is 18.2 Å². The van der Waals surface area contributed by atoms with Gasteiger partial charge >= 0.3 is 6.18 Å². The lowest BCUT2D eigenvalue weighted by atomic mass is 10.0. The van der Waals surface area contributed by atoms with Crippen molar-refractivity contribution >= 4 is 5.69 Å². The number of halogens is 3. The smallest absolute Gasteiger partial charge is 0.370 e. The largest absolute Gasteiger partial charge is 0.416 e. The number of rotatable bonds is 3. The first-order valence-electron chi connectivity index (χ1n) is 7.62. The fraction of sp³-hybridized carbons (Fsp3) is 0.625. The molecular weight excluding hydrogens is 277 g/mol. The summed E-state index contributed by atoms with van der Waals surface area (Å²) >= 11 is 0. The Labute approximate surface area is 123 Å². The Morgan fingerprint density at radius 3 is 2.57 bits per heavy atom. The van der Waals surface area contributed by atoms with Gasteiger partial charge in [0.1, 0.15) is 0 Å². The fourth-order valence-corrected chi connectivity index (χ4v) is 3.04. The first kappa shape index (κ1) is 14.7. The van der Waals surface area contributed by atoms with E-state index in [1.54, 1.807) is 6.07 Å². The van der Waals surface area contributed by atoms with Gasteiger partial charge in [0.25, 0.3) is 0 Å². The lowest BCUT2D eigenvalue weighted by molar-refractivity contribution is -0.137. The molecule has 0 radical (unpaired) electrons. The summed E-state index contributed by atoms with van der Waals surface area (Å²) in [7, 11) is 0. The van der Waals surface area contributed by atoms with Crippen LogP contribution in [-0.2, 0) is 6.18 Å². The molecule has 0 spiro atoms. The van der Waals surface area contributed by atoms with Crippen molar-refractivity contribution in [3.05, 3.63) is 29.3 Å². The molecule has 2 nitrogen and oxygen atoms in total. The predicted molar refractivity (Wildman–Crippen MR) is 77.6 cm³/mol. The van der Waals surface area contributed by atoms with Gasteiger partial charge in [0.05, 0.1) is 5.56 Å². The van der Waals surface area contributed by atoms with E-state index in [4.69, 9.17) is 0 Å². The van der Waals surface area contributed by atoms with Crippen molar-refractivity contribution in [3.8, 4) is 0 Å². The van der Waals surface area contributed by atoms with Gasteiger partial charge in [-0.1, -0.05) is 6.07 Å². The molecule has 2 fully saturated rings. The molecule has 1 N–H and O–H groups in total. The van der Waals surface area contributed by atoms with Crippen LogP contribution in [-0.4, -0.2) is 25.2 Å². The second-order valence-corrected chi connectivity index (χ2v) is 6.23. The number of nitrogens with zero attached hydrogens (tertiary/aromatic N) is 1. The minimum absolute atomic E-state index is 0.403. The van der Waals surface area contributed by atoms with E-state index < -0.39 is 11.7 Å². The van der Waals surface area contributed by atoms with Gasteiger partial charge in [0.2, 0.25) is 0 Å². The molecule has 5 heteroatoms. The molecule has 3 rings (SSSR count). The second-order valence-electron chi connectivity index (χ2n) is 6.23. The lowest BCUT2D eigenvalue weighted by Gasteiger charge is -2.36. The maximum atomic E-state index is 12.9. The molecule has 0 amide bonds. The highest BCUT2D eigenvalue weighted by Crippen LogP contribution is 2.34. The third-order valence-corrected chi connectivity index (χ3v) is 4.35. The van der Waals surface area contributed by atoms with Crippen molar-refractivity contribution in [2.75, 3.05) is 18.0 Å². The number of alkyl halides is 3. The highest BCUT2D eigenvalue weighted by atomic mass is 19.4. The Balaban J connectivity index is 1.78. The van der Waals surface area contributed by atoms with Gasteiger partial charge in [-0.3, -0.25) is 0 Å². The second kappa shape index (κ2) is 5.52. The van der Waals surface area contributed by atoms with Crippen molar-refractivity contribution < 1.29 is 13.2 Å². The number of anilines is 1. The van der Waals surface area contributed by atoms with E-state index in [1.807, 2.05) is 6.92 Å². The molecule has 116 valence electrons. The highest BCUT2D eigenvalue weighted by Gasteiger charge is 2.32. The van der Waals surface area contributed by atoms with Gasteiger partial charge in [-0.05, 0) is 50.3 Å². The van der Waals surface area contributed by atoms with Crippen molar-refractivity contribution in [1.29, 1.82) is 0 Å². The molecule has 0 aromatic heterocycles. The number of piperidine rings is 1. The Morgan fingerprint density at radius 1 is 1.14 bits per heavy atom. The van der Waals surface area contributed by atoms with Gasteiger partial charge in [0.15, 0.2) is 0 Å². The van der Waals surface area contributed by atoms with Gasteiger partial charge in [-0.2, -0.15) is 13.2 Å². The average molecular weight is 298 g/mol. The van der Waals surface area contributed by atoms with Crippen molar-refractivity contribution in [1.82, 2.24) is 5.32 Å². The monoisotopic (exact) mass is 298 g/mol. The first-order chi connectivity index (χ1) is 9.93. The van der Waals surface area contributed by atoms with Gasteiger partial charge in [-0.25, -0.2) is 0 Å². The van der Waals surface area contributed by atoms with Gasteiger partial charge < -0.3 is 10.2 Å². The molecule has 2 aliphatic rings. The lowest BCUT2D eigenvalue weighted by Crippen LogP contribution is -2.46. The summed E-state index contributed by atoms with van der Waals surface area (Å²) < 4.78 is 38.7. The van der Waals surface area contributed by atoms with Crippen molar-refractivity contribution in [3.63, 3.8) is 0 Å². The molecule has 0 bridgehead atoms. The van der Waals surface area contributed by atoms with Crippen LogP contribution in [0.5, 0.6) is 0 Å². The molecule has 1 heterocycles. The summed E-state index contributed by atoms with van der Waals surface area (Å²) in [6.45, 7) is 3.52. The summed E-state index contributed by atoms with van der Waals surface area (Å²) in [5.41, 5.74) is 1.09. The summed E-state index contributed by atoms with van der Waals surface area (Å²) in [6.07, 6.45) is 0.340. The Bertz CT molecular complexity index is 509. The summed E-state index contributed by atoms with van der Waals surface area (Å²) in [4.78, 5) is 2.11. The minimum Gasteiger partial charge on any atom is -0.370 e. The number of hydrogen-bond donors (Lipinski definition) is 1. The van der Waals surface area contributed by atoms with Crippen LogP contribution in [0.25, 0.3) is 0 Å². The minimum atomic E-state index is -4.27. The van der Waals surface area contributed by atoms with Crippen molar-refractivity contribution in [2.45, 2.75) is 50.9 Å².